The Kier molecular flexibility index (Phi) is 5.25. The van der Waals surface area contributed by atoms with Gasteiger partial charge in [0.05, 0.1) is 18.4 Å². The molecule has 3 rings (SSSR count). The number of nitrogens with one attached hydrogen (secondary N) is 2. The zero-order valence-electron chi connectivity index (χ0n) is 13.4. The molecule has 0 fully saturated rings. The lowest BCUT2D eigenvalue weighted by Gasteiger charge is -2.10. The second-order valence-electron chi connectivity index (χ2n) is 5.08. The van der Waals surface area contributed by atoms with E-state index in [4.69, 9.17) is 4.74 Å². The molecule has 1 amide bonds. The Hall–Kier alpha value is -2.93. The number of anilines is 3. The molecule has 0 bridgehead atoms. The fraction of sp³-hybridized carbons (Fsp3) is 0.0556. The van der Waals surface area contributed by atoms with Crippen molar-refractivity contribution in [2.75, 3.05) is 17.7 Å². The zero-order valence-corrected chi connectivity index (χ0v) is 14.9. The Morgan fingerprint density at radius 1 is 1.04 bits per heavy atom. The molecule has 7 heteroatoms. The Labute approximate surface area is 153 Å². The van der Waals surface area contributed by atoms with Gasteiger partial charge in [0.1, 0.15) is 5.75 Å². The van der Waals surface area contributed by atoms with Gasteiger partial charge in [0.15, 0.2) is 0 Å². The fourth-order valence-corrected chi connectivity index (χ4v) is 2.38. The summed E-state index contributed by atoms with van der Waals surface area (Å²) in [6, 6.07) is 14.8. The molecular formula is C18H15BrN4O2. The molecule has 0 aliphatic heterocycles. The van der Waals surface area contributed by atoms with Crippen LogP contribution in [0.3, 0.4) is 0 Å². The number of methoxy groups -OCH3 is 1. The number of hydrogen-bond donors (Lipinski definition) is 2. The summed E-state index contributed by atoms with van der Waals surface area (Å²) in [5.41, 5.74) is 1.80. The third-order valence-electron chi connectivity index (χ3n) is 3.37. The van der Waals surface area contributed by atoms with Crippen LogP contribution in [0.5, 0.6) is 5.75 Å². The third-order valence-corrected chi connectivity index (χ3v) is 3.90. The molecule has 0 unspecified atom stereocenters. The van der Waals surface area contributed by atoms with Crippen molar-refractivity contribution in [3.63, 3.8) is 0 Å². The summed E-state index contributed by atoms with van der Waals surface area (Å²) < 4.78 is 6.20. The minimum Gasteiger partial charge on any atom is -0.495 e. The molecule has 2 N–H and O–H groups in total. The van der Waals surface area contributed by atoms with Crippen molar-refractivity contribution in [2.24, 2.45) is 0 Å². The first kappa shape index (κ1) is 16.9. The molecule has 0 aliphatic rings. The monoisotopic (exact) mass is 398 g/mol. The maximum atomic E-state index is 12.3. The largest absolute Gasteiger partial charge is 0.495 e. The summed E-state index contributed by atoms with van der Waals surface area (Å²) in [6.45, 7) is 0. The van der Waals surface area contributed by atoms with Gasteiger partial charge in [0.25, 0.3) is 5.91 Å². The van der Waals surface area contributed by atoms with Crippen LogP contribution in [0.25, 0.3) is 0 Å². The highest BCUT2D eigenvalue weighted by molar-refractivity contribution is 9.10. The normalized spacial score (nSPS) is 10.2. The van der Waals surface area contributed by atoms with Crippen molar-refractivity contribution in [1.29, 1.82) is 0 Å². The average molecular weight is 399 g/mol. The van der Waals surface area contributed by atoms with Gasteiger partial charge in [-0.3, -0.25) is 4.79 Å². The number of halogens is 1. The third kappa shape index (κ3) is 4.33. The first-order chi connectivity index (χ1) is 12.2. The molecule has 1 aromatic heterocycles. The van der Waals surface area contributed by atoms with Gasteiger partial charge in [-0.05, 0) is 36.4 Å². The van der Waals surface area contributed by atoms with E-state index < -0.39 is 0 Å². The number of nitrogens with zero attached hydrogens (tertiary/aromatic N) is 2. The van der Waals surface area contributed by atoms with Crippen LogP contribution in [0, 0.1) is 0 Å². The van der Waals surface area contributed by atoms with Crippen LogP contribution in [0.1, 0.15) is 10.4 Å². The van der Waals surface area contributed by atoms with Gasteiger partial charge < -0.3 is 15.4 Å². The predicted octanol–water partition coefficient (Wildman–Crippen LogP) is 4.24. The van der Waals surface area contributed by atoms with Gasteiger partial charge >= 0.3 is 0 Å². The number of rotatable bonds is 5. The Bertz CT molecular complexity index is 867. The molecule has 0 aliphatic carbocycles. The number of para-hydroxylation sites is 2. The number of aromatic nitrogens is 2. The number of amides is 1. The number of ether oxygens (including phenoxy) is 1. The van der Waals surface area contributed by atoms with Crippen LogP contribution in [0.4, 0.5) is 17.3 Å². The van der Waals surface area contributed by atoms with E-state index in [-0.39, 0.29) is 5.91 Å². The quantitative estimate of drug-likeness (QED) is 0.671. The second-order valence-corrected chi connectivity index (χ2v) is 6.00. The van der Waals surface area contributed by atoms with Crippen molar-refractivity contribution < 1.29 is 9.53 Å². The van der Waals surface area contributed by atoms with Crippen molar-refractivity contribution in [1.82, 2.24) is 9.97 Å². The predicted molar refractivity (Wildman–Crippen MR) is 100 cm³/mol. The molecule has 0 spiro atoms. The highest BCUT2D eigenvalue weighted by Crippen LogP contribution is 2.23. The van der Waals surface area contributed by atoms with E-state index in [0.29, 0.717) is 22.9 Å². The van der Waals surface area contributed by atoms with E-state index >= 15 is 0 Å². The van der Waals surface area contributed by atoms with Gasteiger partial charge in [0.2, 0.25) is 5.95 Å². The molecule has 0 radical (unpaired) electrons. The van der Waals surface area contributed by atoms with E-state index in [9.17, 15) is 4.79 Å². The first-order valence-electron chi connectivity index (χ1n) is 7.45. The summed E-state index contributed by atoms with van der Waals surface area (Å²) >= 11 is 3.38. The van der Waals surface area contributed by atoms with Crippen LogP contribution < -0.4 is 15.4 Å². The van der Waals surface area contributed by atoms with Gasteiger partial charge in [-0.2, -0.15) is 0 Å². The van der Waals surface area contributed by atoms with Gasteiger partial charge in [-0.25, -0.2) is 9.97 Å². The number of carbonyl (C=O) groups is 1. The molecule has 0 atom stereocenters. The lowest BCUT2D eigenvalue weighted by Crippen LogP contribution is -2.13. The smallest absolute Gasteiger partial charge is 0.258 e. The van der Waals surface area contributed by atoms with Crippen LogP contribution >= 0.6 is 15.9 Å². The zero-order chi connectivity index (χ0) is 17.6. The Morgan fingerprint density at radius 2 is 1.72 bits per heavy atom. The minimum atomic E-state index is -0.306. The summed E-state index contributed by atoms with van der Waals surface area (Å²) in [6.07, 6.45) is 2.94. The molecule has 25 heavy (non-hydrogen) atoms. The van der Waals surface area contributed by atoms with Crippen molar-refractivity contribution in [2.45, 2.75) is 0 Å². The number of carbonyl (C=O) groups excluding carboxylic acids is 1. The molecule has 0 saturated carbocycles. The van der Waals surface area contributed by atoms with Crippen LogP contribution in [0.2, 0.25) is 0 Å². The van der Waals surface area contributed by atoms with E-state index in [1.807, 2.05) is 36.4 Å². The van der Waals surface area contributed by atoms with Crippen LogP contribution in [-0.2, 0) is 0 Å². The molecule has 2 aromatic carbocycles. The molecule has 6 nitrogen and oxygen atoms in total. The van der Waals surface area contributed by atoms with Crippen molar-refractivity contribution in [3.8, 4) is 5.75 Å². The topological polar surface area (TPSA) is 76.1 Å². The molecular weight excluding hydrogens is 384 g/mol. The Morgan fingerprint density at radius 3 is 2.40 bits per heavy atom. The highest BCUT2D eigenvalue weighted by Gasteiger charge is 2.10. The lowest BCUT2D eigenvalue weighted by atomic mass is 10.2. The lowest BCUT2D eigenvalue weighted by molar-refractivity contribution is 0.102. The standard InChI is InChI=1S/C18H15BrN4O2/c1-25-16-5-3-2-4-15(16)23-17(24)12-10-20-18(21-11-12)22-14-8-6-13(19)7-9-14/h2-11H,1H3,(H,23,24)(H,20,21,22). The first-order valence-corrected chi connectivity index (χ1v) is 8.24. The number of benzene rings is 2. The van der Waals surface area contributed by atoms with Crippen LogP contribution in [-0.4, -0.2) is 23.0 Å². The Balaban J connectivity index is 1.69. The SMILES string of the molecule is COc1ccccc1NC(=O)c1cnc(Nc2ccc(Br)cc2)nc1. The summed E-state index contributed by atoms with van der Waals surface area (Å²) in [5.74, 6) is 0.696. The van der Waals surface area contributed by atoms with E-state index in [1.54, 1.807) is 19.2 Å². The molecule has 3 aromatic rings. The van der Waals surface area contributed by atoms with Crippen LogP contribution in [0.15, 0.2) is 65.4 Å². The highest BCUT2D eigenvalue weighted by atomic mass is 79.9. The maximum Gasteiger partial charge on any atom is 0.258 e. The summed E-state index contributed by atoms with van der Waals surface area (Å²) in [4.78, 5) is 20.7. The average Bonchev–Trinajstić information content (AvgIpc) is 2.64. The number of hydrogen-bond acceptors (Lipinski definition) is 5. The fourth-order valence-electron chi connectivity index (χ4n) is 2.11. The van der Waals surface area contributed by atoms with Gasteiger partial charge in [-0.1, -0.05) is 28.1 Å². The minimum absolute atomic E-state index is 0.306. The molecule has 1 heterocycles. The molecule has 0 saturated heterocycles. The molecule has 126 valence electrons. The van der Waals surface area contributed by atoms with Gasteiger partial charge in [-0.15, -0.1) is 0 Å². The van der Waals surface area contributed by atoms with Crippen molar-refractivity contribution in [3.05, 3.63) is 71.0 Å². The van der Waals surface area contributed by atoms with E-state index in [1.165, 1.54) is 12.4 Å². The van der Waals surface area contributed by atoms with Gasteiger partial charge in [0, 0.05) is 22.6 Å². The van der Waals surface area contributed by atoms with Crippen molar-refractivity contribution >= 4 is 39.2 Å². The van der Waals surface area contributed by atoms with E-state index in [0.717, 1.165) is 10.2 Å². The summed E-state index contributed by atoms with van der Waals surface area (Å²) in [7, 11) is 1.55. The van der Waals surface area contributed by atoms with E-state index in [2.05, 4.69) is 36.5 Å². The summed E-state index contributed by atoms with van der Waals surface area (Å²) in [5, 5.41) is 5.85. The maximum absolute atomic E-state index is 12.3. The second kappa shape index (κ2) is 7.76.